The number of aromatic amines is 1. The van der Waals surface area contributed by atoms with Gasteiger partial charge in [-0.15, -0.1) is 0 Å². The summed E-state index contributed by atoms with van der Waals surface area (Å²) in [7, 11) is 0. The molecule has 0 aliphatic rings. The summed E-state index contributed by atoms with van der Waals surface area (Å²) in [6.45, 7) is 3.54. The zero-order chi connectivity index (χ0) is 28.4. The van der Waals surface area contributed by atoms with Crippen molar-refractivity contribution in [1.82, 2.24) is 20.9 Å². The number of nitrogens with two attached hydrogens (primary N) is 1. The SMILES string of the molecule is CCC(C)C(NC(=O)C(N)CS)C(=O)NC(CCC(=O)O)C(=O)NC(Cc1c[nH]c2ccccc12)C(=O)O. The lowest BCUT2D eigenvalue weighted by molar-refractivity contribution is -0.143. The number of fused-ring (bicyclic) bond motifs is 1. The van der Waals surface area contributed by atoms with Crippen LogP contribution in [0.3, 0.4) is 0 Å². The number of nitrogens with one attached hydrogen (secondary N) is 4. The highest BCUT2D eigenvalue weighted by atomic mass is 32.1. The molecule has 0 aliphatic heterocycles. The van der Waals surface area contributed by atoms with Crippen LogP contribution in [0, 0.1) is 5.92 Å². The van der Waals surface area contributed by atoms with E-state index in [1.165, 1.54) is 0 Å². The van der Waals surface area contributed by atoms with Gasteiger partial charge < -0.3 is 36.9 Å². The van der Waals surface area contributed by atoms with Crippen LogP contribution in [0.4, 0.5) is 0 Å². The number of carboxylic acid groups (broad SMARTS) is 2. The first-order valence-electron chi connectivity index (χ1n) is 12.3. The fourth-order valence-corrected chi connectivity index (χ4v) is 4.00. The Labute approximate surface area is 225 Å². The summed E-state index contributed by atoms with van der Waals surface area (Å²) >= 11 is 3.99. The van der Waals surface area contributed by atoms with Crippen molar-refractivity contribution < 1.29 is 34.2 Å². The molecule has 0 saturated heterocycles. The molecular weight excluding hydrogens is 514 g/mol. The Hall–Kier alpha value is -3.58. The molecule has 1 heterocycles. The monoisotopic (exact) mass is 549 g/mol. The Morgan fingerprint density at radius 2 is 1.66 bits per heavy atom. The van der Waals surface area contributed by atoms with Crippen LogP contribution in [0.1, 0.15) is 38.7 Å². The molecule has 0 bridgehead atoms. The van der Waals surface area contributed by atoms with Gasteiger partial charge in [0.2, 0.25) is 17.7 Å². The molecule has 0 saturated carbocycles. The maximum absolute atomic E-state index is 13.1. The molecule has 8 N–H and O–H groups in total. The Kier molecular flexibility index (Phi) is 11.6. The predicted molar refractivity (Wildman–Crippen MR) is 144 cm³/mol. The Morgan fingerprint density at radius 3 is 2.26 bits per heavy atom. The van der Waals surface area contributed by atoms with Crippen LogP contribution in [-0.2, 0) is 30.4 Å². The number of carbonyl (C=O) groups excluding carboxylic acids is 3. The minimum absolute atomic E-state index is 0.0438. The normalized spacial score (nSPS) is 15.1. The zero-order valence-electron chi connectivity index (χ0n) is 21.3. The fourth-order valence-electron chi connectivity index (χ4n) is 3.84. The van der Waals surface area contributed by atoms with Gasteiger partial charge in [-0.05, 0) is 24.0 Å². The lowest BCUT2D eigenvalue weighted by Crippen LogP contribution is -2.59. The van der Waals surface area contributed by atoms with Gasteiger partial charge in [0.05, 0.1) is 6.04 Å². The lowest BCUT2D eigenvalue weighted by atomic mass is 9.97. The van der Waals surface area contributed by atoms with Crippen LogP contribution in [0.5, 0.6) is 0 Å². The number of carboxylic acids is 2. The Bertz CT molecular complexity index is 1150. The van der Waals surface area contributed by atoms with Crippen LogP contribution in [-0.4, -0.2) is 74.8 Å². The van der Waals surface area contributed by atoms with Gasteiger partial charge in [0, 0.05) is 35.7 Å². The molecule has 1 aromatic heterocycles. The molecule has 5 unspecified atom stereocenters. The lowest BCUT2D eigenvalue weighted by Gasteiger charge is -2.27. The number of carbonyl (C=O) groups is 5. The van der Waals surface area contributed by atoms with Crippen LogP contribution >= 0.6 is 12.6 Å². The maximum atomic E-state index is 13.1. The highest BCUT2D eigenvalue weighted by molar-refractivity contribution is 7.80. The fraction of sp³-hybridized carbons (Fsp3) is 0.480. The van der Waals surface area contributed by atoms with Crippen molar-refractivity contribution in [2.45, 2.75) is 63.7 Å². The van der Waals surface area contributed by atoms with Gasteiger partial charge >= 0.3 is 11.9 Å². The van der Waals surface area contributed by atoms with E-state index < -0.39 is 60.2 Å². The second-order valence-corrected chi connectivity index (χ2v) is 9.48. The van der Waals surface area contributed by atoms with E-state index in [-0.39, 0.29) is 24.5 Å². The van der Waals surface area contributed by atoms with Crippen molar-refractivity contribution in [3.8, 4) is 0 Å². The molecule has 0 aliphatic carbocycles. The minimum Gasteiger partial charge on any atom is -0.481 e. The van der Waals surface area contributed by atoms with Crippen LogP contribution < -0.4 is 21.7 Å². The van der Waals surface area contributed by atoms with Crippen molar-refractivity contribution in [3.63, 3.8) is 0 Å². The van der Waals surface area contributed by atoms with E-state index in [0.29, 0.717) is 12.0 Å². The van der Waals surface area contributed by atoms with Gasteiger partial charge in [-0.25, -0.2) is 4.79 Å². The third-order valence-electron chi connectivity index (χ3n) is 6.32. The van der Waals surface area contributed by atoms with Crippen LogP contribution in [0.25, 0.3) is 10.9 Å². The van der Waals surface area contributed by atoms with Crippen molar-refractivity contribution in [3.05, 3.63) is 36.0 Å². The van der Waals surface area contributed by atoms with Crippen molar-refractivity contribution in [1.29, 1.82) is 0 Å². The predicted octanol–water partition coefficient (Wildman–Crippen LogP) is 0.417. The number of thiol groups is 1. The van der Waals surface area contributed by atoms with Crippen molar-refractivity contribution >= 4 is 53.2 Å². The molecule has 0 spiro atoms. The van der Waals surface area contributed by atoms with Crippen molar-refractivity contribution in [2.75, 3.05) is 5.75 Å². The molecule has 2 aromatic rings. The average molecular weight is 550 g/mol. The molecule has 0 fully saturated rings. The first-order chi connectivity index (χ1) is 18.0. The smallest absolute Gasteiger partial charge is 0.326 e. The van der Waals surface area contributed by atoms with Gasteiger partial charge in [-0.3, -0.25) is 19.2 Å². The van der Waals surface area contributed by atoms with E-state index in [1.54, 1.807) is 19.2 Å². The highest BCUT2D eigenvalue weighted by Crippen LogP contribution is 2.19. The first kappa shape index (κ1) is 30.6. The van der Waals surface area contributed by atoms with E-state index in [9.17, 15) is 29.1 Å². The Balaban J connectivity index is 2.22. The van der Waals surface area contributed by atoms with Crippen LogP contribution in [0.2, 0.25) is 0 Å². The molecule has 1 aromatic carbocycles. The van der Waals surface area contributed by atoms with Crippen LogP contribution in [0.15, 0.2) is 30.5 Å². The molecule has 5 atom stereocenters. The van der Waals surface area contributed by atoms with Gasteiger partial charge in [-0.2, -0.15) is 12.6 Å². The van der Waals surface area contributed by atoms with E-state index in [0.717, 1.165) is 10.9 Å². The van der Waals surface area contributed by atoms with E-state index in [1.807, 2.05) is 25.1 Å². The van der Waals surface area contributed by atoms with Gasteiger partial charge in [0.15, 0.2) is 0 Å². The standard InChI is InChI=1S/C25H35N5O7S/c1-3-13(2)21(30-22(33)16(26)12-38)24(35)28-18(8-9-20(31)32)23(34)29-19(25(36)37)10-14-11-27-17-7-5-4-6-15(14)17/h4-7,11,13,16,18-19,21,27,38H,3,8-10,12,26H2,1-2H3,(H,28,35)(H,29,34)(H,30,33)(H,31,32)(H,36,37). The summed E-state index contributed by atoms with van der Waals surface area (Å²) in [5.41, 5.74) is 7.17. The number of H-pyrrole nitrogens is 1. The summed E-state index contributed by atoms with van der Waals surface area (Å²) < 4.78 is 0. The topological polar surface area (TPSA) is 204 Å². The second kappa shape index (κ2) is 14.4. The van der Waals surface area contributed by atoms with E-state index in [2.05, 4.69) is 33.6 Å². The summed E-state index contributed by atoms with van der Waals surface area (Å²) in [4.78, 5) is 64.8. The third-order valence-corrected chi connectivity index (χ3v) is 6.71. The summed E-state index contributed by atoms with van der Waals surface area (Å²) in [6.07, 6.45) is 1.38. The number of aliphatic carboxylic acids is 2. The number of hydrogen-bond donors (Lipinski definition) is 8. The number of benzene rings is 1. The summed E-state index contributed by atoms with van der Waals surface area (Å²) in [6, 6.07) is 2.58. The molecule has 2 rings (SSSR count). The van der Waals surface area contributed by atoms with Gasteiger partial charge in [0.25, 0.3) is 0 Å². The molecular formula is C25H35N5O7S. The third kappa shape index (κ3) is 8.48. The minimum atomic E-state index is -1.36. The first-order valence-corrected chi connectivity index (χ1v) is 12.9. The molecule has 3 amide bonds. The Morgan fingerprint density at radius 1 is 1.00 bits per heavy atom. The maximum Gasteiger partial charge on any atom is 0.326 e. The number of amides is 3. The number of rotatable bonds is 15. The van der Waals surface area contributed by atoms with Gasteiger partial charge in [0.1, 0.15) is 18.1 Å². The molecule has 0 radical (unpaired) electrons. The average Bonchev–Trinajstić information content (AvgIpc) is 3.30. The zero-order valence-corrected chi connectivity index (χ0v) is 22.2. The van der Waals surface area contributed by atoms with E-state index in [4.69, 9.17) is 10.8 Å². The van der Waals surface area contributed by atoms with Gasteiger partial charge in [-0.1, -0.05) is 38.5 Å². The largest absolute Gasteiger partial charge is 0.481 e. The highest BCUT2D eigenvalue weighted by Gasteiger charge is 2.32. The number of aromatic nitrogens is 1. The molecule has 208 valence electrons. The quantitative estimate of drug-likeness (QED) is 0.146. The summed E-state index contributed by atoms with van der Waals surface area (Å²) in [5.74, 6) is -4.95. The number of hydrogen-bond acceptors (Lipinski definition) is 7. The molecule has 38 heavy (non-hydrogen) atoms. The number of para-hydroxylation sites is 1. The molecule has 13 heteroatoms. The van der Waals surface area contributed by atoms with Crippen molar-refractivity contribution in [2.24, 2.45) is 11.7 Å². The van der Waals surface area contributed by atoms with E-state index >= 15 is 0 Å². The second-order valence-electron chi connectivity index (χ2n) is 9.12. The summed E-state index contributed by atoms with van der Waals surface area (Å²) in [5, 5.41) is 27.2. The molecule has 12 nitrogen and oxygen atoms in total.